The number of carbonyl (C=O) groups excluding carboxylic acids is 1. The number of nitrogens with one attached hydrogen (secondary N) is 2. The van der Waals surface area contributed by atoms with E-state index >= 15 is 0 Å². The first kappa shape index (κ1) is 14.0. The molecule has 2 rings (SSSR count). The van der Waals surface area contributed by atoms with Crippen molar-refractivity contribution in [3.8, 4) is 0 Å². The summed E-state index contributed by atoms with van der Waals surface area (Å²) in [4.78, 5) is 22.9. The summed E-state index contributed by atoms with van der Waals surface area (Å²) in [5.41, 5.74) is 0.225. The van der Waals surface area contributed by atoms with Crippen LogP contribution in [-0.4, -0.2) is 33.7 Å². The Morgan fingerprint density at radius 1 is 1.53 bits per heavy atom. The number of carboxylic acid groups (broad SMARTS) is 1. The first-order valence-corrected chi connectivity index (χ1v) is 6.87. The molecule has 0 unspecified atom stereocenters. The SMILES string of the molecule is CC(C)(CNC(=O)c1n[nH]c(C2CC2)c1Br)C(=O)O. The van der Waals surface area contributed by atoms with E-state index in [2.05, 4.69) is 31.4 Å². The standard InChI is InChI=1S/C12H16BrN3O3/c1-12(2,11(18)19)5-14-10(17)9-7(13)8(15-16-9)6-3-4-6/h6H,3-5H2,1-2H3,(H,14,17)(H,15,16)(H,18,19). The van der Waals surface area contributed by atoms with Crippen molar-refractivity contribution in [1.29, 1.82) is 0 Å². The molecule has 1 aromatic heterocycles. The van der Waals surface area contributed by atoms with E-state index < -0.39 is 11.4 Å². The molecule has 1 saturated carbocycles. The van der Waals surface area contributed by atoms with Gasteiger partial charge in [0, 0.05) is 12.5 Å². The van der Waals surface area contributed by atoms with Crippen LogP contribution in [0.4, 0.5) is 0 Å². The van der Waals surface area contributed by atoms with Crippen molar-refractivity contribution < 1.29 is 14.7 Å². The van der Waals surface area contributed by atoms with Gasteiger partial charge in [-0.05, 0) is 42.6 Å². The van der Waals surface area contributed by atoms with E-state index in [1.54, 1.807) is 13.8 Å². The maximum absolute atomic E-state index is 12.0. The molecular weight excluding hydrogens is 314 g/mol. The summed E-state index contributed by atoms with van der Waals surface area (Å²) in [5, 5.41) is 18.4. The molecule has 1 aliphatic carbocycles. The van der Waals surface area contributed by atoms with Gasteiger partial charge in [-0.1, -0.05) is 0 Å². The van der Waals surface area contributed by atoms with Crippen LogP contribution in [-0.2, 0) is 4.79 Å². The van der Waals surface area contributed by atoms with Crippen molar-refractivity contribution in [2.45, 2.75) is 32.6 Å². The van der Waals surface area contributed by atoms with Crippen molar-refractivity contribution in [3.05, 3.63) is 15.9 Å². The summed E-state index contributed by atoms with van der Waals surface area (Å²) in [7, 11) is 0. The number of aromatic amines is 1. The molecule has 6 nitrogen and oxygen atoms in total. The smallest absolute Gasteiger partial charge is 0.310 e. The first-order chi connectivity index (χ1) is 8.83. The van der Waals surface area contributed by atoms with Crippen LogP contribution >= 0.6 is 15.9 Å². The minimum absolute atomic E-state index is 0.0548. The average molecular weight is 330 g/mol. The lowest BCUT2D eigenvalue weighted by Gasteiger charge is -2.19. The molecule has 0 bridgehead atoms. The Morgan fingerprint density at radius 3 is 2.68 bits per heavy atom. The fourth-order valence-electron chi connectivity index (χ4n) is 1.60. The Morgan fingerprint density at radius 2 is 2.16 bits per heavy atom. The van der Waals surface area contributed by atoms with Crippen LogP contribution < -0.4 is 5.32 Å². The zero-order valence-corrected chi connectivity index (χ0v) is 12.4. The lowest BCUT2D eigenvalue weighted by molar-refractivity contribution is -0.146. The fourth-order valence-corrected chi connectivity index (χ4v) is 2.28. The lowest BCUT2D eigenvalue weighted by atomic mass is 9.94. The van der Waals surface area contributed by atoms with Gasteiger partial charge in [-0.2, -0.15) is 5.10 Å². The number of carbonyl (C=O) groups is 2. The third kappa shape index (κ3) is 2.97. The van der Waals surface area contributed by atoms with Gasteiger partial charge in [-0.3, -0.25) is 14.7 Å². The summed E-state index contributed by atoms with van der Waals surface area (Å²) < 4.78 is 0.681. The molecular formula is C12H16BrN3O3. The summed E-state index contributed by atoms with van der Waals surface area (Å²) in [6.45, 7) is 3.18. The third-order valence-electron chi connectivity index (χ3n) is 3.20. The maximum atomic E-state index is 12.0. The van der Waals surface area contributed by atoms with Gasteiger partial charge in [0.1, 0.15) is 0 Å². The Hall–Kier alpha value is -1.37. The molecule has 0 atom stereocenters. The van der Waals surface area contributed by atoms with E-state index in [9.17, 15) is 9.59 Å². The molecule has 0 aliphatic heterocycles. The van der Waals surface area contributed by atoms with E-state index in [0.29, 0.717) is 10.4 Å². The van der Waals surface area contributed by atoms with Crippen LogP contribution in [0.3, 0.4) is 0 Å². The highest BCUT2D eigenvalue weighted by atomic mass is 79.9. The molecule has 0 radical (unpaired) electrons. The molecule has 0 saturated heterocycles. The second kappa shape index (κ2) is 4.96. The molecule has 1 aliphatic rings. The molecule has 1 aromatic rings. The largest absolute Gasteiger partial charge is 0.481 e. The second-order valence-electron chi connectivity index (χ2n) is 5.45. The number of halogens is 1. The van der Waals surface area contributed by atoms with Gasteiger partial charge in [0.05, 0.1) is 15.6 Å². The minimum Gasteiger partial charge on any atom is -0.481 e. The number of nitrogens with zero attached hydrogens (tertiary/aromatic N) is 1. The van der Waals surface area contributed by atoms with Gasteiger partial charge in [-0.15, -0.1) is 0 Å². The molecule has 1 heterocycles. The number of aliphatic carboxylic acids is 1. The predicted octanol–water partition coefficient (Wildman–Crippen LogP) is 1.89. The Bertz CT molecular complexity index is 520. The molecule has 0 aromatic carbocycles. The lowest BCUT2D eigenvalue weighted by Crippen LogP contribution is -2.39. The number of carboxylic acids is 1. The van der Waals surface area contributed by atoms with Crippen LogP contribution in [0, 0.1) is 5.41 Å². The van der Waals surface area contributed by atoms with Crippen molar-refractivity contribution in [1.82, 2.24) is 15.5 Å². The van der Waals surface area contributed by atoms with E-state index in [1.165, 1.54) is 0 Å². The summed E-state index contributed by atoms with van der Waals surface area (Å²) in [5.74, 6) is -0.865. The summed E-state index contributed by atoms with van der Waals surface area (Å²) in [6, 6.07) is 0. The highest BCUT2D eigenvalue weighted by Crippen LogP contribution is 2.42. The number of aromatic nitrogens is 2. The monoisotopic (exact) mass is 329 g/mol. The van der Waals surface area contributed by atoms with Crippen molar-refractivity contribution in [3.63, 3.8) is 0 Å². The number of amides is 1. The summed E-state index contributed by atoms with van der Waals surface area (Å²) >= 11 is 3.37. The van der Waals surface area contributed by atoms with Crippen LogP contribution in [0.15, 0.2) is 4.47 Å². The Labute approximate surface area is 119 Å². The van der Waals surface area contributed by atoms with Gasteiger partial charge in [0.15, 0.2) is 5.69 Å². The average Bonchev–Trinajstić information content (AvgIpc) is 3.10. The quantitative estimate of drug-likeness (QED) is 0.768. The highest BCUT2D eigenvalue weighted by Gasteiger charge is 2.32. The van der Waals surface area contributed by atoms with E-state index in [4.69, 9.17) is 5.11 Å². The third-order valence-corrected chi connectivity index (χ3v) is 4.01. The van der Waals surface area contributed by atoms with Crippen LogP contribution in [0.2, 0.25) is 0 Å². The highest BCUT2D eigenvalue weighted by molar-refractivity contribution is 9.10. The van der Waals surface area contributed by atoms with Gasteiger partial charge >= 0.3 is 5.97 Å². The fraction of sp³-hybridized carbons (Fsp3) is 0.583. The number of hydrogen-bond acceptors (Lipinski definition) is 3. The zero-order valence-electron chi connectivity index (χ0n) is 10.8. The zero-order chi connectivity index (χ0) is 14.2. The normalized spacial score (nSPS) is 15.3. The molecule has 1 fully saturated rings. The van der Waals surface area contributed by atoms with Crippen LogP contribution in [0.5, 0.6) is 0 Å². The van der Waals surface area contributed by atoms with Crippen molar-refractivity contribution >= 4 is 27.8 Å². The molecule has 104 valence electrons. The first-order valence-electron chi connectivity index (χ1n) is 6.08. The summed E-state index contributed by atoms with van der Waals surface area (Å²) in [6.07, 6.45) is 2.21. The minimum atomic E-state index is -1.00. The molecule has 3 N–H and O–H groups in total. The molecule has 19 heavy (non-hydrogen) atoms. The molecule has 1 amide bonds. The van der Waals surface area contributed by atoms with Gasteiger partial charge in [0.25, 0.3) is 5.91 Å². The Kier molecular flexibility index (Phi) is 3.66. The van der Waals surface area contributed by atoms with E-state index in [-0.39, 0.29) is 18.1 Å². The number of H-pyrrole nitrogens is 1. The van der Waals surface area contributed by atoms with E-state index in [0.717, 1.165) is 18.5 Å². The molecule has 7 heteroatoms. The predicted molar refractivity (Wildman–Crippen MR) is 72.0 cm³/mol. The second-order valence-corrected chi connectivity index (χ2v) is 6.24. The van der Waals surface area contributed by atoms with Gasteiger partial charge < -0.3 is 10.4 Å². The number of hydrogen-bond donors (Lipinski definition) is 3. The van der Waals surface area contributed by atoms with Crippen LogP contribution in [0.1, 0.15) is 48.8 Å². The van der Waals surface area contributed by atoms with Gasteiger partial charge in [-0.25, -0.2) is 0 Å². The topological polar surface area (TPSA) is 95.1 Å². The van der Waals surface area contributed by atoms with Crippen molar-refractivity contribution in [2.75, 3.05) is 6.54 Å². The van der Waals surface area contributed by atoms with E-state index in [1.807, 2.05) is 0 Å². The van der Waals surface area contributed by atoms with Gasteiger partial charge in [0.2, 0.25) is 0 Å². The molecule has 0 spiro atoms. The maximum Gasteiger partial charge on any atom is 0.310 e. The van der Waals surface area contributed by atoms with Crippen molar-refractivity contribution in [2.24, 2.45) is 5.41 Å². The Balaban J connectivity index is 2.02. The van der Waals surface area contributed by atoms with Crippen LogP contribution in [0.25, 0.3) is 0 Å². The number of rotatable bonds is 5.